The lowest BCUT2D eigenvalue weighted by molar-refractivity contribution is 0.00578. The topological polar surface area (TPSA) is 84.9 Å². The fourth-order valence-corrected chi connectivity index (χ4v) is 4.99. The summed E-state index contributed by atoms with van der Waals surface area (Å²) in [4.78, 5) is 0.208. The van der Waals surface area contributed by atoms with E-state index in [1.54, 1.807) is 25.1 Å². The van der Waals surface area contributed by atoms with Gasteiger partial charge in [0.1, 0.15) is 0 Å². The van der Waals surface area contributed by atoms with Gasteiger partial charge in [-0.1, -0.05) is 11.6 Å². The van der Waals surface area contributed by atoms with E-state index in [9.17, 15) is 13.5 Å². The molecule has 8 heteroatoms. The van der Waals surface area contributed by atoms with E-state index in [4.69, 9.17) is 9.31 Å². The second-order valence-corrected chi connectivity index (χ2v) is 11.2. The lowest BCUT2D eigenvalue weighted by Gasteiger charge is -2.33. The molecule has 1 saturated carbocycles. The van der Waals surface area contributed by atoms with Crippen LogP contribution in [0, 0.1) is 6.92 Å². The van der Waals surface area contributed by atoms with Gasteiger partial charge in [-0.3, -0.25) is 0 Å². The van der Waals surface area contributed by atoms with Crippen molar-refractivity contribution in [2.24, 2.45) is 0 Å². The highest BCUT2D eigenvalue weighted by atomic mass is 32.2. The van der Waals surface area contributed by atoms with Gasteiger partial charge in [0.25, 0.3) is 0 Å². The van der Waals surface area contributed by atoms with Crippen LogP contribution in [0.25, 0.3) is 0 Å². The fourth-order valence-electron chi connectivity index (χ4n) is 3.65. The van der Waals surface area contributed by atoms with Crippen LogP contribution in [-0.4, -0.2) is 43.5 Å². The van der Waals surface area contributed by atoms with Crippen molar-refractivity contribution in [2.45, 2.75) is 95.0 Å². The van der Waals surface area contributed by atoms with Gasteiger partial charge in [-0.25, -0.2) is 13.1 Å². The lowest BCUT2D eigenvalue weighted by Crippen LogP contribution is -2.42. The molecule has 1 aromatic rings. The van der Waals surface area contributed by atoms with Crippen LogP contribution in [0.3, 0.4) is 0 Å². The van der Waals surface area contributed by atoms with E-state index in [0.717, 1.165) is 11.0 Å². The molecule has 156 valence electrons. The summed E-state index contributed by atoms with van der Waals surface area (Å²) in [7, 11) is -4.27. The molecule has 3 rings (SSSR count). The van der Waals surface area contributed by atoms with E-state index in [1.165, 1.54) is 0 Å². The summed E-state index contributed by atoms with van der Waals surface area (Å²) in [6, 6.07) is 4.90. The molecule has 1 aliphatic carbocycles. The SMILES string of the molecule is Cc1ccc(S(=O)(=O)N[C@H]2CC[C@](C)(O)CC2)cc1B1OC(C)(C)C(C)(C)O1. The van der Waals surface area contributed by atoms with Crippen molar-refractivity contribution in [3.05, 3.63) is 23.8 Å². The normalized spacial score (nSPS) is 29.8. The zero-order valence-electron chi connectivity index (χ0n) is 17.7. The summed E-state index contributed by atoms with van der Waals surface area (Å²) in [5.41, 5.74) is -0.0262. The highest BCUT2D eigenvalue weighted by Crippen LogP contribution is 2.37. The van der Waals surface area contributed by atoms with Gasteiger partial charge < -0.3 is 14.4 Å². The molecule has 0 amide bonds. The maximum atomic E-state index is 12.9. The summed E-state index contributed by atoms with van der Waals surface area (Å²) < 4.78 is 40.9. The van der Waals surface area contributed by atoms with E-state index in [-0.39, 0.29) is 10.9 Å². The third kappa shape index (κ3) is 4.31. The summed E-state index contributed by atoms with van der Waals surface area (Å²) in [5.74, 6) is 0. The summed E-state index contributed by atoms with van der Waals surface area (Å²) >= 11 is 0. The predicted octanol–water partition coefficient (Wildman–Crippen LogP) is 2.27. The fraction of sp³-hybridized carbons (Fsp3) is 0.700. The second-order valence-electron chi connectivity index (χ2n) is 9.50. The maximum Gasteiger partial charge on any atom is 0.495 e. The van der Waals surface area contributed by atoms with Crippen molar-refractivity contribution in [3.63, 3.8) is 0 Å². The maximum absolute atomic E-state index is 12.9. The Morgan fingerprint density at radius 2 is 1.61 bits per heavy atom. The number of hydrogen-bond acceptors (Lipinski definition) is 5. The van der Waals surface area contributed by atoms with Crippen LogP contribution in [0.4, 0.5) is 0 Å². The summed E-state index contributed by atoms with van der Waals surface area (Å²) in [6.45, 7) is 11.6. The molecular weight excluding hydrogens is 377 g/mol. The van der Waals surface area contributed by atoms with Crippen LogP contribution < -0.4 is 10.2 Å². The minimum atomic E-state index is -3.67. The van der Waals surface area contributed by atoms with Crippen LogP contribution >= 0.6 is 0 Å². The zero-order chi connectivity index (χ0) is 21.0. The van der Waals surface area contributed by atoms with Crippen molar-refractivity contribution < 1.29 is 22.8 Å². The van der Waals surface area contributed by atoms with Crippen LogP contribution in [0.1, 0.15) is 65.9 Å². The van der Waals surface area contributed by atoms with Crippen LogP contribution in [-0.2, 0) is 19.3 Å². The first-order valence-electron chi connectivity index (χ1n) is 9.93. The van der Waals surface area contributed by atoms with Gasteiger partial charge in [-0.05, 0) is 84.8 Å². The van der Waals surface area contributed by atoms with Gasteiger partial charge in [-0.2, -0.15) is 0 Å². The number of nitrogens with one attached hydrogen (secondary N) is 1. The minimum absolute atomic E-state index is 0.160. The molecule has 0 aromatic heterocycles. The highest BCUT2D eigenvalue weighted by molar-refractivity contribution is 7.89. The second kappa shape index (κ2) is 7.09. The predicted molar refractivity (Wildman–Crippen MR) is 110 cm³/mol. The Morgan fingerprint density at radius 3 is 2.14 bits per heavy atom. The van der Waals surface area contributed by atoms with Gasteiger partial charge >= 0.3 is 7.12 Å². The number of sulfonamides is 1. The molecule has 0 bridgehead atoms. The quantitative estimate of drug-likeness (QED) is 0.746. The van der Waals surface area contributed by atoms with E-state index in [1.807, 2.05) is 34.6 Å². The molecule has 0 radical (unpaired) electrons. The first-order valence-corrected chi connectivity index (χ1v) is 11.4. The molecule has 1 aliphatic heterocycles. The summed E-state index contributed by atoms with van der Waals surface area (Å²) in [5, 5.41) is 10.1. The molecule has 1 saturated heterocycles. The molecule has 1 aromatic carbocycles. The average molecular weight is 409 g/mol. The zero-order valence-corrected chi connectivity index (χ0v) is 18.5. The van der Waals surface area contributed by atoms with Gasteiger partial charge in [-0.15, -0.1) is 0 Å². The van der Waals surface area contributed by atoms with Crippen molar-refractivity contribution in [2.75, 3.05) is 0 Å². The van der Waals surface area contributed by atoms with Gasteiger partial charge in [0.05, 0.1) is 21.7 Å². The number of rotatable bonds is 4. The molecule has 6 nitrogen and oxygen atoms in total. The number of aliphatic hydroxyl groups is 1. The van der Waals surface area contributed by atoms with Gasteiger partial charge in [0.15, 0.2) is 0 Å². The molecule has 0 spiro atoms. The van der Waals surface area contributed by atoms with Crippen LogP contribution in [0.2, 0.25) is 0 Å². The molecule has 0 atom stereocenters. The van der Waals surface area contributed by atoms with Crippen molar-refractivity contribution >= 4 is 22.6 Å². The monoisotopic (exact) mass is 409 g/mol. The van der Waals surface area contributed by atoms with E-state index >= 15 is 0 Å². The van der Waals surface area contributed by atoms with Crippen LogP contribution in [0.5, 0.6) is 0 Å². The van der Waals surface area contributed by atoms with Gasteiger partial charge in [0.2, 0.25) is 10.0 Å². The number of benzene rings is 1. The Labute approximate surface area is 169 Å². The van der Waals surface area contributed by atoms with Crippen LogP contribution in [0.15, 0.2) is 23.1 Å². The number of aryl methyl sites for hydroxylation is 1. The summed E-state index contributed by atoms with van der Waals surface area (Å²) in [6.07, 6.45) is 2.44. The Kier molecular flexibility index (Phi) is 5.52. The molecule has 28 heavy (non-hydrogen) atoms. The minimum Gasteiger partial charge on any atom is -0.399 e. The molecular formula is C20H32BNO5S. The largest absolute Gasteiger partial charge is 0.495 e. The molecule has 2 N–H and O–H groups in total. The third-order valence-electron chi connectivity index (χ3n) is 6.45. The van der Waals surface area contributed by atoms with E-state index in [2.05, 4.69) is 4.72 Å². The first kappa shape index (κ1) is 21.8. The number of hydrogen-bond donors (Lipinski definition) is 2. The van der Waals surface area contributed by atoms with E-state index in [0.29, 0.717) is 25.7 Å². The Bertz CT molecular complexity index is 824. The first-order chi connectivity index (χ1) is 12.7. The Hall–Kier alpha value is -0.925. The smallest absolute Gasteiger partial charge is 0.399 e. The molecule has 0 unspecified atom stereocenters. The Morgan fingerprint density at radius 1 is 1.07 bits per heavy atom. The average Bonchev–Trinajstić information content (AvgIpc) is 2.77. The standard InChI is InChI=1S/C20H32BNO5S/c1-14-7-8-16(13-17(14)21-26-18(2,3)19(4,5)27-21)28(24,25)22-15-9-11-20(6,23)12-10-15/h7-8,13,15,22-23H,9-12H2,1-6H3/t15-,20-. The van der Waals surface area contributed by atoms with Gasteiger partial charge in [0, 0.05) is 6.04 Å². The highest BCUT2D eigenvalue weighted by Gasteiger charge is 2.52. The lowest BCUT2D eigenvalue weighted by atomic mass is 9.76. The van der Waals surface area contributed by atoms with Crippen molar-refractivity contribution in [3.8, 4) is 0 Å². The van der Waals surface area contributed by atoms with Crippen molar-refractivity contribution in [1.29, 1.82) is 0 Å². The molecule has 2 aliphatic rings. The van der Waals surface area contributed by atoms with Crippen molar-refractivity contribution in [1.82, 2.24) is 4.72 Å². The molecule has 2 fully saturated rings. The van der Waals surface area contributed by atoms with E-state index < -0.39 is 33.9 Å². The molecule has 1 heterocycles. The Balaban J connectivity index is 1.81. The third-order valence-corrected chi connectivity index (χ3v) is 7.97.